The van der Waals surface area contributed by atoms with E-state index in [1.54, 1.807) is 0 Å². The molecular formula is C13H26ClN3O. The molecule has 2 heterocycles. The Morgan fingerprint density at radius 3 is 2.78 bits per heavy atom. The first kappa shape index (κ1) is 15.7. The number of hydrogen-bond acceptors (Lipinski definition) is 3. The SMILES string of the molecule is CCN1CCCN(CC2(C)CCNC2)CC1=O.Cl. The van der Waals surface area contributed by atoms with Crippen molar-refractivity contribution in [3.63, 3.8) is 0 Å². The van der Waals surface area contributed by atoms with E-state index in [-0.39, 0.29) is 12.4 Å². The highest BCUT2D eigenvalue weighted by Gasteiger charge is 2.32. The van der Waals surface area contributed by atoms with E-state index in [2.05, 4.69) is 24.1 Å². The molecule has 2 fully saturated rings. The van der Waals surface area contributed by atoms with Gasteiger partial charge in [-0.05, 0) is 31.7 Å². The van der Waals surface area contributed by atoms with E-state index in [0.29, 0.717) is 17.9 Å². The first-order chi connectivity index (χ1) is 8.13. The molecule has 18 heavy (non-hydrogen) atoms. The normalized spacial score (nSPS) is 30.1. The fourth-order valence-corrected chi connectivity index (χ4v) is 2.99. The highest BCUT2D eigenvalue weighted by molar-refractivity contribution is 5.85. The van der Waals surface area contributed by atoms with Crippen LogP contribution in [-0.4, -0.2) is 61.5 Å². The number of amides is 1. The Labute approximate surface area is 116 Å². The predicted octanol–water partition coefficient (Wildman–Crippen LogP) is 0.962. The molecule has 0 spiro atoms. The van der Waals surface area contributed by atoms with E-state index in [1.165, 1.54) is 6.42 Å². The first-order valence-electron chi connectivity index (χ1n) is 6.84. The van der Waals surface area contributed by atoms with Gasteiger partial charge in [-0.1, -0.05) is 6.92 Å². The van der Waals surface area contributed by atoms with Gasteiger partial charge in [0.1, 0.15) is 0 Å². The zero-order valence-corrected chi connectivity index (χ0v) is 12.4. The Morgan fingerprint density at radius 2 is 2.17 bits per heavy atom. The predicted molar refractivity (Wildman–Crippen MR) is 76.2 cm³/mol. The van der Waals surface area contributed by atoms with Gasteiger partial charge in [0.05, 0.1) is 6.54 Å². The monoisotopic (exact) mass is 275 g/mol. The quantitative estimate of drug-likeness (QED) is 0.834. The molecule has 1 atom stereocenters. The minimum atomic E-state index is 0. The van der Waals surface area contributed by atoms with Crippen molar-refractivity contribution in [1.82, 2.24) is 15.1 Å². The third kappa shape index (κ3) is 3.84. The van der Waals surface area contributed by atoms with E-state index in [0.717, 1.165) is 45.7 Å². The highest BCUT2D eigenvalue weighted by Crippen LogP contribution is 2.26. The van der Waals surface area contributed by atoms with Crippen LogP contribution in [0.3, 0.4) is 0 Å². The first-order valence-corrected chi connectivity index (χ1v) is 6.84. The Balaban J connectivity index is 0.00000162. The molecule has 1 amide bonds. The molecule has 0 saturated carbocycles. The molecule has 2 saturated heterocycles. The van der Waals surface area contributed by atoms with Crippen molar-refractivity contribution in [2.75, 3.05) is 45.8 Å². The molecule has 0 aromatic carbocycles. The van der Waals surface area contributed by atoms with Crippen LogP contribution >= 0.6 is 12.4 Å². The summed E-state index contributed by atoms with van der Waals surface area (Å²) in [4.78, 5) is 16.3. The molecule has 4 nitrogen and oxygen atoms in total. The largest absolute Gasteiger partial charge is 0.342 e. The van der Waals surface area contributed by atoms with E-state index < -0.39 is 0 Å². The summed E-state index contributed by atoms with van der Waals surface area (Å²) < 4.78 is 0. The van der Waals surface area contributed by atoms with Crippen LogP contribution in [0.2, 0.25) is 0 Å². The zero-order chi connectivity index (χ0) is 12.3. The second-order valence-corrected chi connectivity index (χ2v) is 5.78. The fourth-order valence-electron chi connectivity index (χ4n) is 2.99. The number of likely N-dealkylation sites (N-methyl/N-ethyl adjacent to an activating group) is 1. The van der Waals surface area contributed by atoms with Gasteiger partial charge in [0.15, 0.2) is 0 Å². The van der Waals surface area contributed by atoms with E-state index in [1.807, 2.05) is 4.90 Å². The molecule has 0 aromatic rings. The summed E-state index contributed by atoms with van der Waals surface area (Å²) in [7, 11) is 0. The van der Waals surface area contributed by atoms with Crippen LogP contribution in [0.5, 0.6) is 0 Å². The maximum Gasteiger partial charge on any atom is 0.236 e. The lowest BCUT2D eigenvalue weighted by atomic mass is 9.89. The third-order valence-electron chi connectivity index (χ3n) is 4.06. The summed E-state index contributed by atoms with van der Waals surface area (Å²) in [6.45, 7) is 11.1. The summed E-state index contributed by atoms with van der Waals surface area (Å²) in [6.07, 6.45) is 2.35. The van der Waals surface area contributed by atoms with Gasteiger partial charge >= 0.3 is 0 Å². The van der Waals surface area contributed by atoms with Crippen molar-refractivity contribution in [1.29, 1.82) is 0 Å². The molecule has 2 aliphatic rings. The smallest absolute Gasteiger partial charge is 0.236 e. The van der Waals surface area contributed by atoms with Gasteiger partial charge in [-0.25, -0.2) is 0 Å². The van der Waals surface area contributed by atoms with Gasteiger partial charge in [0, 0.05) is 32.7 Å². The highest BCUT2D eigenvalue weighted by atomic mass is 35.5. The van der Waals surface area contributed by atoms with Crippen molar-refractivity contribution in [2.45, 2.75) is 26.7 Å². The number of rotatable bonds is 3. The van der Waals surface area contributed by atoms with Gasteiger partial charge in [-0.15, -0.1) is 12.4 Å². The van der Waals surface area contributed by atoms with Crippen LogP contribution in [0, 0.1) is 5.41 Å². The van der Waals surface area contributed by atoms with Crippen LogP contribution in [-0.2, 0) is 4.79 Å². The number of halogens is 1. The average Bonchev–Trinajstić information content (AvgIpc) is 2.62. The fraction of sp³-hybridized carbons (Fsp3) is 0.923. The summed E-state index contributed by atoms with van der Waals surface area (Å²) >= 11 is 0. The minimum absolute atomic E-state index is 0. The molecular weight excluding hydrogens is 250 g/mol. The lowest BCUT2D eigenvalue weighted by molar-refractivity contribution is -0.131. The molecule has 0 aromatic heterocycles. The van der Waals surface area contributed by atoms with Gasteiger partial charge in [-0.3, -0.25) is 9.69 Å². The summed E-state index contributed by atoms with van der Waals surface area (Å²) in [6, 6.07) is 0. The summed E-state index contributed by atoms with van der Waals surface area (Å²) in [5.74, 6) is 0.305. The van der Waals surface area contributed by atoms with Crippen LogP contribution < -0.4 is 5.32 Å². The minimum Gasteiger partial charge on any atom is -0.342 e. The second-order valence-electron chi connectivity index (χ2n) is 5.78. The van der Waals surface area contributed by atoms with Gasteiger partial charge in [0.25, 0.3) is 0 Å². The Morgan fingerprint density at radius 1 is 1.39 bits per heavy atom. The molecule has 106 valence electrons. The van der Waals surface area contributed by atoms with Crippen molar-refractivity contribution >= 4 is 18.3 Å². The molecule has 2 rings (SSSR count). The molecule has 5 heteroatoms. The zero-order valence-electron chi connectivity index (χ0n) is 11.6. The van der Waals surface area contributed by atoms with Crippen molar-refractivity contribution < 1.29 is 4.79 Å². The molecule has 1 N–H and O–H groups in total. The van der Waals surface area contributed by atoms with Crippen LogP contribution in [0.15, 0.2) is 0 Å². The van der Waals surface area contributed by atoms with Crippen molar-refractivity contribution in [3.8, 4) is 0 Å². The van der Waals surface area contributed by atoms with Crippen LogP contribution in [0.4, 0.5) is 0 Å². The van der Waals surface area contributed by atoms with E-state index in [4.69, 9.17) is 0 Å². The topological polar surface area (TPSA) is 35.6 Å². The number of nitrogens with one attached hydrogen (secondary N) is 1. The maximum atomic E-state index is 12.0. The standard InChI is InChI=1S/C13H25N3O.ClH/c1-3-16-8-4-7-15(9-12(16)17)11-13(2)5-6-14-10-13;/h14H,3-11H2,1-2H3;1H. The van der Waals surface area contributed by atoms with Gasteiger partial charge < -0.3 is 10.2 Å². The van der Waals surface area contributed by atoms with Crippen LogP contribution in [0.1, 0.15) is 26.7 Å². The molecule has 0 bridgehead atoms. The van der Waals surface area contributed by atoms with Crippen molar-refractivity contribution in [3.05, 3.63) is 0 Å². The Bertz CT molecular complexity index is 279. The number of carbonyl (C=O) groups excluding carboxylic acids is 1. The van der Waals surface area contributed by atoms with Gasteiger partial charge in [-0.2, -0.15) is 0 Å². The van der Waals surface area contributed by atoms with Crippen molar-refractivity contribution in [2.24, 2.45) is 5.41 Å². The molecule has 0 radical (unpaired) electrons. The Kier molecular flexibility index (Phi) is 5.89. The Hall–Kier alpha value is -0.320. The van der Waals surface area contributed by atoms with Crippen LogP contribution in [0.25, 0.3) is 0 Å². The maximum absolute atomic E-state index is 12.0. The lowest BCUT2D eigenvalue weighted by Gasteiger charge is -2.30. The second kappa shape index (κ2) is 6.73. The molecule has 0 aliphatic carbocycles. The number of nitrogens with zero attached hydrogens (tertiary/aromatic N) is 2. The average molecular weight is 276 g/mol. The molecule has 2 aliphatic heterocycles. The van der Waals surface area contributed by atoms with Gasteiger partial charge in [0.2, 0.25) is 5.91 Å². The lowest BCUT2D eigenvalue weighted by Crippen LogP contribution is -2.41. The van der Waals surface area contributed by atoms with E-state index in [9.17, 15) is 4.79 Å². The number of hydrogen-bond donors (Lipinski definition) is 1. The summed E-state index contributed by atoms with van der Waals surface area (Å²) in [5.41, 5.74) is 0.363. The summed E-state index contributed by atoms with van der Waals surface area (Å²) in [5, 5.41) is 3.43. The van der Waals surface area contributed by atoms with E-state index >= 15 is 0 Å². The molecule has 1 unspecified atom stereocenters. The number of carbonyl (C=O) groups is 1. The third-order valence-corrected chi connectivity index (χ3v) is 4.06.